The Bertz CT molecular complexity index is 542. The van der Waals surface area contributed by atoms with Crippen LogP contribution in [0.4, 0.5) is 0 Å². The molecule has 0 fully saturated rings. The van der Waals surface area contributed by atoms with Crippen molar-refractivity contribution in [3.05, 3.63) is 52.5 Å². The molecule has 3 rings (SSSR count). The number of amides is 1. The first-order valence-electron chi connectivity index (χ1n) is 5.22. The van der Waals surface area contributed by atoms with Crippen molar-refractivity contribution in [2.45, 2.75) is 6.17 Å². The Morgan fingerprint density at radius 3 is 3.12 bits per heavy atom. The fourth-order valence-electron chi connectivity index (χ4n) is 1.98. The van der Waals surface area contributed by atoms with Gasteiger partial charge in [-0.15, -0.1) is 0 Å². The number of carbonyl (C=O) groups is 1. The molecule has 0 saturated carbocycles. The summed E-state index contributed by atoms with van der Waals surface area (Å²) in [4.78, 5) is 13.3. The quantitative estimate of drug-likeness (QED) is 0.823. The van der Waals surface area contributed by atoms with Crippen LogP contribution in [-0.4, -0.2) is 17.0 Å². The molecule has 0 bridgehead atoms. The molecule has 0 aliphatic carbocycles. The van der Waals surface area contributed by atoms with Gasteiger partial charge in [0.05, 0.1) is 11.3 Å². The average Bonchev–Trinajstić information content (AvgIpc) is 2.96. The summed E-state index contributed by atoms with van der Waals surface area (Å²) in [6, 6.07) is 2.04. The summed E-state index contributed by atoms with van der Waals surface area (Å²) in [7, 11) is 0. The van der Waals surface area contributed by atoms with E-state index in [4.69, 9.17) is 5.73 Å². The monoisotopic (exact) mass is 245 g/mol. The Hall–Kier alpha value is -2.01. The molecule has 0 radical (unpaired) electrons. The molecule has 0 aromatic carbocycles. The second kappa shape index (κ2) is 3.78. The third-order valence-electron chi connectivity index (χ3n) is 2.81. The van der Waals surface area contributed by atoms with Gasteiger partial charge in [0.25, 0.3) is 0 Å². The molecule has 1 aromatic rings. The first-order chi connectivity index (χ1) is 8.25. The molecule has 0 spiro atoms. The van der Waals surface area contributed by atoms with E-state index in [2.05, 4.69) is 10.7 Å². The summed E-state index contributed by atoms with van der Waals surface area (Å²) < 4.78 is 0. The van der Waals surface area contributed by atoms with E-state index in [1.165, 1.54) is 0 Å². The van der Waals surface area contributed by atoms with E-state index < -0.39 is 5.91 Å². The highest BCUT2D eigenvalue weighted by Crippen LogP contribution is 2.27. The van der Waals surface area contributed by atoms with Crippen LogP contribution < -0.4 is 11.1 Å². The molecule has 86 valence electrons. The van der Waals surface area contributed by atoms with E-state index in [1.807, 2.05) is 34.8 Å². The number of hydrogen-bond donors (Lipinski definition) is 2. The molecular formula is C12H11N3OS. The van der Waals surface area contributed by atoms with Crippen LogP contribution in [0.25, 0.3) is 5.70 Å². The van der Waals surface area contributed by atoms with E-state index in [9.17, 15) is 4.79 Å². The smallest absolute Gasteiger partial charge is 0.248 e. The van der Waals surface area contributed by atoms with Gasteiger partial charge < -0.3 is 16.0 Å². The number of hydrogen-bond acceptors (Lipinski definition) is 4. The fourth-order valence-corrected chi connectivity index (χ4v) is 2.64. The van der Waals surface area contributed by atoms with Crippen molar-refractivity contribution in [2.24, 2.45) is 5.73 Å². The lowest BCUT2D eigenvalue weighted by atomic mass is 10.1. The normalized spacial score (nSPS) is 21.6. The van der Waals surface area contributed by atoms with Crippen LogP contribution in [0, 0.1) is 0 Å². The number of carbonyl (C=O) groups excluding carboxylic acids is 1. The van der Waals surface area contributed by atoms with Crippen LogP contribution in [0.3, 0.4) is 0 Å². The zero-order chi connectivity index (χ0) is 11.8. The van der Waals surface area contributed by atoms with Crippen LogP contribution >= 0.6 is 11.3 Å². The minimum Gasteiger partial charge on any atom is -0.366 e. The molecule has 1 aromatic heterocycles. The Labute approximate surface area is 103 Å². The number of primary amides is 1. The maximum absolute atomic E-state index is 11.3. The molecule has 3 N–H and O–H groups in total. The van der Waals surface area contributed by atoms with E-state index in [0.717, 1.165) is 11.3 Å². The summed E-state index contributed by atoms with van der Waals surface area (Å²) >= 11 is 1.64. The number of nitrogens with two attached hydrogens (primary N) is 1. The fraction of sp³-hybridized carbons (Fsp3) is 0.0833. The Kier molecular flexibility index (Phi) is 2.26. The molecule has 2 aliphatic heterocycles. The summed E-state index contributed by atoms with van der Waals surface area (Å²) in [5.74, 6) is -0.392. The van der Waals surface area contributed by atoms with Crippen LogP contribution in [0.2, 0.25) is 0 Å². The van der Waals surface area contributed by atoms with E-state index in [-0.39, 0.29) is 6.17 Å². The van der Waals surface area contributed by atoms with Crippen molar-refractivity contribution in [3.63, 3.8) is 0 Å². The Balaban J connectivity index is 1.91. The third kappa shape index (κ3) is 1.64. The Morgan fingerprint density at radius 1 is 1.53 bits per heavy atom. The molecule has 17 heavy (non-hydrogen) atoms. The van der Waals surface area contributed by atoms with Crippen molar-refractivity contribution >= 4 is 22.9 Å². The molecule has 1 unspecified atom stereocenters. The molecule has 2 aliphatic rings. The summed E-state index contributed by atoms with van der Waals surface area (Å²) in [6.45, 7) is 0. The van der Waals surface area contributed by atoms with Crippen molar-refractivity contribution in [3.8, 4) is 0 Å². The van der Waals surface area contributed by atoms with Gasteiger partial charge in [-0.1, -0.05) is 0 Å². The van der Waals surface area contributed by atoms with Crippen LogP contribution in [-0.2, 0) is 4.79 Å². The van der Waals surface area contributed by atoms with E-state index in [1.54, 1.807) is 17.4 Å². The third-order valence-corrected chi connectivity index (χ3v) is 3.50. The highest BCUT2D eigenvalue weighted by molar-refractivity contribution is 7.08. The molecule has 4 nitrogen and oxygen atoms in total. The molecule has 0 saturated heterocycles. The molecule has 5 heteroatoms. The predicted molar refractivity (Wildman–Crippen MR) is 67.5 cm³/mol. The van der Waals surface area contributed by atoms with Gasteiger partial charge >= 0.3 is 0 Å². The minimum atomic E-state index is -0.392. The number of nitrogens with zero attached hydrogens (tertiary/aromatic N) is 1. The molecule has 3 heterocycles. The van der Waals surface area contributed by atoms with Crippen LogP contribution in [0.5, 0.6) is 0 Å². The van der Waals surface area contributed by atoms with Crippen molar-refractivity contribution in [2.75, 3.05) is 0 Å². The van der Waals surface area contributed by atoms with Gasteiger partial charge in [0, 0.05) is 23.3 Å². The lowest BCUT2D eigenvalue weighted by molar-refractivity contribution is -0.115. The summed E-state index contributed by atoms with van der Waals surface area (Å²) in [5, 5.41) is 7.39. The number of thiophene rings is 1. The number of nitrogens with one attached hydrogen (secondary N) is 1. The topological polar surface area (TPSA) is 58.4 Å². The molecular weight excluding hydrogens is 234 g/mol. The van der Waals surface area contributed by atoms with Crippen LogP contribution in [0.15, 0.2) is 47.0 Å². The molecule has 1 amide bonds. The van der Waals surface area contributed by atoms with Crippen LogP contribution in [0.1, 0.15) is 5.56 Å². The maximum atomic E-state index is 11.3. The SMILES string of the molecule is NC(=O)C1=CC=CN2C=C(c3ccsc3)NC12. The highest BCUT2D eigenvalue weighted by atomic mass is 32.1. The summed E-state index contributed by atoms with van der Waals surface area (Å²) in [6.07, 6.45) is 7.31. The van der Waals surface area contributed by atoms with Gasteiger partial charge in [-0.25, -0.2) is 0 Å². The van der Waals surface area contributed by atoms with Crippen molar-refractivity contribution < 1.29 is 4.79 Å². The second-order valence-corrected chi connectivity index (χ2v) is 4.66. The predicted octanol–water partition coefficient (Wildman–Crippen LogP) is 1.22. The number of rotatable bonds is 2. The van der Waals surface area contributed by atoms with Gasteiger partial charge in [0.1, 0.15) is 6.17 Å². The highest BCUT2D eigenvalue weighted by Gasteiger charge is 2.30. The van der Waals surface area contributed by atoms with Crippen molar-refractivity contribution in [1.29, 1.82) is 0 Å². The largest absolute Gasteiger partial charge is 0.366 e. The van der Waals surface area contributed by atoms with Gasteiger partial charge in [0.2, 0.25) is 5.91 Å². The first-order valence-corrected chi connectivity index (χ1v) is 6.16. The average molecular weight is 245 g/mol. The zero-order valence-corrected chi connectivity index (χ0v) is 9.78. The number of allylic oxidation sites excluding steroid dienone is 2. The van der Waals surface area contributed by atoms with E-state index >= 15 is 0 Å². The zero-order valence-electron chi connectivity index (χ0n) is 8.96. The molecule has 1 atom stereocenters. The lowest BCUT2D eigenvalue weighted by Crippen LogP contribution is -2.40. The first kappa shape index (κ1) is 10.2. The van der Waals surface area contributed by atoms with E-state index in [0.29, 0.717) is 5.57 Å². The van der Waals surface area contributed by atoms with Gasteiger partial charge in [-0.3, -0.25) is 4.79 Å². The minimum absolute atomic E-state index is 0.174. The second-order valence-electron chi connectivity index (χ2n) is 3.88. The summed E-state index contributed by atoms with van der Waals surface area (Å²) in [5.41, 5.74) is 8.07. The number of fused-ring (bicyclic) bond motifs is 1. The van der Waals surface area contributed by atoms with Gasteiger partial charge in [-0.05, 0) is 23.6 Å². The maximum Gasteiger partial charge on any atom is 0.248 e. The standard InChI is InChI=1S/C12H11N3OS/c13-11(16)9-2-1-4-15-6-10(14-12(9)15)8-3-5-17-7-8/h1-7,12,14H,(H2,13,16). The van der Waals surface area contributed by atoms with Gasteiger partial charge in [0.15, 0.2) is 0 Å². The lowest BCUT2D eigenvalue weighted by Gasteiger charge is -2.25. The Morgan fingerprint density at radius 2 is 2.41 bits per heavy atom. The van der Waals surface area contributed by atoms with Crippen molar-refractivity contribution in [1.82, 2.24) is 10.2 Å². The van der Waals surface area contributed by atoms with Gasteiger partial charge in [-0.2, -0.15) is 11.3 Å².